The second-order valence-corrected chi connectivity index (χ2v) is 23.6. The van der Waals surface area contributed by atoms with Crippen molar-refractivity contribution in [1.82, 2.24) is 10.2 Å². The maximum absolute atomic E-state index is 9.40. The van der Waals surface area contributed by atoms with Crippen LogP contribution < -0.4 is 9.74 Å². The molecule has 2 atom stereocenters. The SMILES string of the molecule is Cc1c(N[C@@H](c2nnc(-c3ccc(O[Si](C)(C)C(C)(C)C)cc3)o2)[C@@H](C)O[Si](C)(C)C(C)(C)C)ccc(C#N)c1Cl. The number of hydrogen-bond acceptors (Lipinski definition) is 7. The van der Waals surface area contributed by atoms with E-state index >= 15 is 0 Å². The minimum atomic E-state index is -2.13. The first-order valence-electron chi connectivity index (χ1n) is 14.0. The molecule has 1 N–H and O–H groups in total. The summed E-state index contributed by atoms with van der Waals surface area (Å²) < 4.78 is 19.5. The van der Waals surface area contributed by atoms with Crippen molar-refractivity contribution in [2.75, 3.05) is 5.32 Å². The van der Waals surface area contributed by atoms with Crippen LogP contribution in [-0.2, 0) is 4.43 Å². The largest absolute Gasteiger partial charge is 0.544 e. The lowest BCUT2D eigenvalue weighted by atomic mass is 10.1. The molecule has 10 heteroatoms. The van der Waals surface area contributed by atoms with Crippen LogP contribution in [0.25, 0.3) is 11.5 Å². The average molecular weight is 613 g/mol. The number of hydrogen-bond donors (Lipinski definition) is 1. The van der Waals surface area contributed by atoms with Gasteiger partial charge in [-0.05, 0) is 92.1 Å². The summed E-state index contributed by atoms with van der Waals surface area (Å²) in [6.07, 6.45) is -0.293. The van der Waals surface area contributed by atoms with Gasteiger partial charge in [0.25, 0.3) is 0 Å². The molecular formula is C31H45ClN4O3Si2. The second kappa shape index (κ2) is 11.9. The molecule has 7 nitrogen and oxygen atoms in total. The van der Waals surface area contributed by atoms with Crippen LogP contribution in [0.3, 0.4) is 0 Å². The predicted molar refractivity (Wildman–Crippen MR) is 173 cm³/mol. The summed E-state index contributed by atoms with van der Waals surface area (Å²) in [7, 11) is -4.08. The van der Waals surface area contributed by atoms with Gasteiger partial charge in [0.05, 0.1) is 16.7 Å². The zero-order chi connectivity index (χ0) is 31.0. The maximum Gasteiger partial charge on any atom is 0.250 e. The number of nitrogens with zero attached hydrogens (tertiary/aromatic N) is 3. The van der Waals surface area contributed by atoms with Crippen molar-refractivity contribution in [1.29, 1.82) is 5.26 Å². The third-order valence-corrected chi connectivity index (χ3v) is 18.0. The molecule has 0 unspecified atom stereocenters. The molecule has 0 amide bonds. The summed E-state index contributed by atoms with van der Waals surface area (Å²) in [5.74, 6) is 1.66. The Morgan fingerprint density at radius 1 is 0.927 bits per heavy atom. The molecule has 0 fully saturated rings. The number of rotatable bonds is 9. The van der Waals surface area contributed by atoms with Gasteiger partial charge in [-0.1, -0.05) is 53.1 Å². The van der Waals surface area contributed by atoms with Gasteiger partial charge in [-0.3, -0.25) is 0 Å². The summed E-state index contributed by atoms with van der Waals surface area (Å²) in [5, 5.41) is 22.3. The summed E-state index contributed by atoms with van der Waals surface area (Å²) >= 11 is 6.49. The van der Waals surface area contributed by atoms with E-state index in [1.54, 1.807) is 6.07 Å². The van der Waals surface area contributed by atoms with Crippen molar-refractivity contribution < 1.29 is 13.3 Å². The van der Waals surface area contributed by atoms with Crippen molar-refractivity contribution in [3.8, 4) is 23.3 Å². The van der Waals surface area contributed by atoms with E-state index < -0.39 is 22.7 Å². The third kappa shape index (κ3) is 7.41. The minimum absolute atomic E-state index is 0.0215. The zero-order valence-electron chi connectivity index (χ0n) is 26.6. The van der Waals surface area contributed by atoms with Gasteiger partial charge >= 0.3 is 0 Å². The Labute approximate surface area is 252 Å². The lowest BCUT2D eigenvalue weighted by Crippen LogP contribution is -2.45. The Balaban J connectivity index is 1.95. The summed E-state index contributed by atoms with van der Waals surface area (Å²) in [6, 6.07) is 13.1. The van der Waals surface area contributed by atoms with Crippen LogP contribution >= 0.6 is 11.6 Å². The van der Waals surface area contributed by atoms with E-state index in [9.17, 15) is 5.26 Å². The molecule has 41 heavy (non-hydrogen) atoms. The number of aromatic nitrogens is 2. The summed E-state index contributed by atoms with van der Waals surface area (Å²) in [5.41, 5.74) is 2.78. The number of anilines is 1. The highest BCUT2D eigenvalue weighted by Gasteiger charge is 2.41. The van der Waals surface area contributed by atoms with Gasteiger partial charge in [-0.25, -0.2) is 0 Å². The van der Waals surface area contributed by atoms with Crippen molar-refractivity contribution in [3.05, 3.63) is 58.4 Å². The number of benzene rings is 2. The highest BCUT2D eigenvalue weighted by Crippen LogP contribution is 2.40. The lowest BCUT2D eigenvalue weighted by molar-refractivity contribution is 0.166. The van der Waals surface area contributed by atoms with E-state index in [2.05, 4.69) is 89.3 Å². The molecule has 2 aromatic carbocycles. The fourth-order valence-electron chi connectivity index (χ4n) is 3.77. The van der Waals surface area contributed by atoms with Crippen LogP contribution in [0.5, 0.6) is 5.75 Å². The number of nitriles is 1. The van der Waals surface area contributed by atoms with Crippen molar-refractivity contribution in [2.24, 2.45) is 0 Å². The molecule has 0 spiro atoms. The monoisotopic (exact) mass is 612 g/mol. The highest BCUT2D eigenvalue weighted by atomic mass is 35.5. The molecule has 3 rings (SSSR count). The Morgan fingerprint density at radius 2 is 1.51 bits per heavy atom. The smallest absolute Gasteiger partial charge is 0.250 e. The normalized spacial score (nSPS) is 14.3. The first kappa shape index (κ1) is 32.9. The molecule has 0 saturated carbocycles. The summed E-state index contributed by atoms with van der Waals surface area (Å²) in [6.45, 7) is 26.1. The molecule has 0 radical (unpaired) electrons. The zero-order valence-corrected chi connectivity index (χ0v) is 29.3. The van der Waals surface area contributed by atoms with Gasteiger partial charge in [-0.2, -0.15) is 5.26 Å². The second-order valence-electron chi connectivity index (χ2n) is 13.7. The van der Waals surface area contributed by atoms with E-state index in [1.165, 1.54) is 0 Å². The Kier molecular flexibility index (Phi) is 9.55. The van der Waals surface area contributed by atoms with Crippen molar-refractivity contribution in [2.45, 2.75) is 104 Å². The number of halogens is 1. The number of nitrogens with one attached hydrogen (secondary N) is 1. The fourth-order valence-corrected chi connectivity index (χ4v) is 6.43. The molecule has 0 bridgehead atoms. The van der Waals surface area contributed by atoms with Crippen molar-refractivity contribution in [3.63, 3.8) is 0 Å². The molecule has 3 aromatic rings. The van der Waals surface area contributed by atoms with Crippen LogP contribution in [0.4, 0.5) is 5.69 Å². The first-order valence-corrected chi connectivity index (χ1v) is 20.2. The van der Waals surface area contributed by atoms with Gasteiger partial charge in [0, 0.05) is 11.3 Å². The Hall–Kier alpha value is -2.65. The third-order valence-electron chi connectivity index (χ3n) is 8.56. The predicted octanol–water partition coefficient (Wildman–Crippen LogP) is 9.52. The van der Waals surface area contributed by atoms with E-state index in [-0.39, 0.29) is 16.2 Å². The van der Waals surface area contributed by atoms with Crippen LogP contribution in [0.1, 0.15) is 71.5 Å². The Morgan fingerprint density at radius 3 is 2.05 bits per heavy atom. The average Bonchev–Trinajstić information content (AvgIpc) is 3.33. The van der Waals surface area contributed by atoms with Gasteiger partial charge < -0.3 is 18.6 Å². The van der Waals surface area contributed by atoms with Crippen LogP contribution in [0.2, 0.25) is 41.3 Å². The first-order chi connectivity index (χ1) is 18.8. The summed E-state index contributed by atoms with van der Waals surface area (Å²) in [4.78, 5) is 0. The standard InChI is InChI=1S/C31H45ClN4O3Si2/c1-20-25(18-15-23(19-33)26(20)32)34-27(21(2)38-40(9,10)30(3,4)5)29-36-35-28(37-29)22-13-16-24(17-14-22)39-41(11,12)31(6,7)8/h13-18,21,27,34H,1-12H3/t21-,27-/m1/s1. The highest BCUT2D eigenvalue weighted by molar-refractivity contribution is 6.75. The van der Waals surface area contributed by atoms with Gasteiger partial charge in [0.2, 0.25) is 20.1 Å². The van der Waals surface area contributed by atoms with E-state index in [1.807, 2.05) is 44.2 Å². The molecular weight excluding hydrogens is 568 g/mol. The van der Waals surface area contributed by atoms with Crippen molar-refractivity contribution >= 4 is 33.9 Å². The fraction of sp³-hybridized carbons (Fsp3) is 0.516. The van der Waals surface area contributed by atoms with Gasteiger partial charge in [0.1, 0.15) is 17.9 Å². The minimum Gasteiger partial charge on any atom is -0.544 e. The van der Waals surface area contributed by atoms with E-state index in [0.29, 0.717) is 22.4 Å². The lowest BCUT2D eigenvalue weighted by Gasteiger charge is -2.40. The van der Waals surface area contributed by atoms with Crippen LogP contribution in [0.15, 0.2) is 40.8 Å². The molecule has 0 aliphatic heterocycles. The topological polar surface area (TPSA) is 93.2 Å². The van der Waals surface area contributed by atoms with Crippen LogP contribution in [0, 0.1) is 18.3 Å². The van der Waals surface area contributed by atoms with Gasteiger partial charge in [-0.15, -0.1) is 10.2 Å². The Bertz CT molecular complexity index is 1400. The quantitative estimate of drug-likeness (QED) is 0.240. The van der Waals surface area contributed by atoms with Gasteiger partial charge in [0.15, 0.2) is 8.32 Å². The molecule has 222 valence electrons. The van der Waals surface area contributed by atoms with Crippen LogP contribution in [-0.4, -0.2) is 32.9 Å². The van der Waals surface area contributed by atoms with E-state index in [4.69, 9.17) is 24.9 Å². The molecule has 0 aliphatic carbocycles. The van der Waals surface area contributed by atoms with E-state index in [0.717, 1.165) is 22.6 Å². The maximum atomic E-state index is 9.40. The molecule has 1 heterocycles. The molecule has 0 aliphatic rings. The molecule has 1 aromatic heterocycles. The molecule has 0 saturated heterocycles.